The van der Waals surface area contributed by atoms with Gasteiger partial charge in [-0.05, 0) is 11.8 Å². The summed E-state index contributed by atoms with van der Waals surface area (Å²) in [6.45, 7) is 9.74. The zero-order valence-electron chi connectivity index (χ0n) is 7.80. The Labute approximate surface area is 69.2 Å². The molecule has 1 aliphatic heterocycles. The number of aliphatic hydroxyl groups is 1. The summed E-state index contributed by atoms with van der Waals surface area (Å²) in [5.74, 6) is 0. The van der Waals surface area contributed by atoms with Crippen LogP contribution in [-0.2, 0) is 0 Å². The summed E-state index contributed by atoms with van der Waals surface area (Å²) in [5.41, 5.74) is 0.365. The van der Waals surface area contributed by atoms with Gasteiger partial charge in [0, 0.05) is 19.6 Å². The zero-order chi connectivity index (χ0) is 8.48. The van der Waals surface area contributed by atoms with Crippen LogP contribution in [0.25, 0.3) is 0 Å². The highest BCUT2D eigenvalue weighted by atomic mass is 16.3. The Morgan fingerprint density at radius 2 is 2.09 bits per heavy atom. The molecule has 0 amide bonds. The number of hydrogen-bond acceptors (Lipinski definition) is 2. The maximum Gasteiger partial charge on any atom is 0.0679 e. The maximum atomic E-state index is 9.25. The molecule has 0 radical (unpaired) electrons. The fourth-order valence-corrected chi connectivity index (χ4v) is 1.63. The second-order valence-corrected chi connectivity index (χ2v) is 4.74. The molecule has 1 aliphatic rings. The quantitative estimate of drug-likeness (QED) is 0.616. The highest BCUT2D eigenvalue weighted by Crippen LogP contribution is 2.18. The van der Waals surface area contributed by atoms with Gasteiger partial charge in [0.05, 0.1) is 6.10 Å². The van der Waals surface area contributed by atoms with Crippen LogP contribution in [0, 0.1) is 5.41 Å². The van der Waals surface area contributed by atoms with Crippen molar-refractivity contribution in [3.8, 4) is 0 Å². The van der Waals surface area contributed by atoms with Crippen molar-refractivity contribution in [1.82, 2.24) is 4.90 Å². The van der Waals surface area contributed by atoms with Crippen molar-refractivity contribution in [2.24, 2.45) is 5.41 Å². The van der Waals surface area contributed by atoms with Gasteiger partial charge in [-0.1, -0.05) is 20.8 Å². The van der Waals surface area contributed by atoms with Gasteiger partial charge in [0.2, 0.25) is 0 Å². The van der Waals surface area contributed by atoms with E-state index in [9.17, 15) is 5.11 Å². The number of nitrogens with zero attached hydrogens (tertiary/aromatic N) is 1. The minimum absolute atomic E-state index is 0.0719. The zero-order valence-corrected chi connectivity index (χ0v) is 7.80. The van der Waals surface area contributed by atoms with E-state index in [2.05, 4.69) is 25.7 Å². The SMILES string of the molecule is CC(C)(C)CN1CCC(O)C1. The minimum atomic E-state index is -0.0719. The van der Waals surface area contributed by atoms with Crippen LogP contribution in [0.15, 0.2) is 0 Å². The van der Waals surface area contributed by atoms with Crippen molar-refractivity contribution >= 4 is 0 Å². The Bertz CT molecular complexity index is 128. The van der Waals surface area contributed by atoms with Gasteiger partial charge in [-0.2, -0.15) is 0 Å². The van der Waals surface area contributed by atoms with Crippen molar-refractivity contribution in [3.63, 3.8) is 0 Å². The van der Waals surface area contributed by atoms with Crippen LogP contribution in [0.4, 0.5) is 0 Å². The van der Waals surface area contributed by atoms with E-state index in [-0.39, 0.29) is 6.10 Å². The molecule has 2 nitrogen and oxygen atoms in total. The molecule has 1 unspecified atom stereocenters. The standard InChI is InChI=1S/C9H19NO/c1-9(2,3)7-10-5-4-8(11)6-10/h8,11H,4-7H2,1-3H3. The second-order valence-electron chi connectivity index (χ2n) is 4.74. The van der Waals surface area contributed by atoms with Crippen molar-refractivity contribution in [2.75, 3.05) is 19.6 Å². The lowest BCUT2D eigenvalue weighted by Crippen LogP contribution is -2.31. The Balaban J connectivity index is 2.29. The van der Waals surface area contributed by atoms with Crippen LogP contribution in [-0.4, -0.2) is 35.7 Å². The summed E-state index contributed by atoms with van der Waals surface area (Å²) >= 11 is 0. The molecular weight excluding hydrogens is 138 g/mol. The summed E-state index contributed by atoms with van der Waals surface area (Å²) in [4.78, 5) is 2.34. The van der Waals surface area contributed by atoms with Gasteiger partial charge >= 0.3 is 0 Å². The molecule has 0 spiro atoms. The van der Waals surface area contributed by atoms with E-state index in [4.69, 9.17) is 0 Å². The molecular formula is C9H19NO. The highest BCUT2D eigenvalue weighted by Gasteiger charge is 2.23. The number of hydrogen-bond donors (Lipinski definition) is 1. The van der Waals surface area contributed by atoms with E-state index in [1.807, 2.05) is 0 Å². The largest absolute Gasteiger partial charge is 0.392 e. The Kier molecular flexibility index (Phi) is 2.55. The molecule has 1 N–H and O–H groups in total. The van der Waals surface area contributed by atoms with Crippen LogP contribution < -0.4 is 0 Å². The van der Waals surface area contributed by atoms with E-state index >= 15 is 0 Å². The van der Waals surface area contributed by atoms with Gasteiger partial charge in [0.25, 0.3) is 0 Å². The summed E-state index contributed by atoms with van der Waals surface area (Å²) in [6, 6.07) is 0. The number of likely N-dealkylation sites (tertiary alicyclic amines) is 1. The molecule has 1 heterocycles. The molecule has 66 valence electrons. The van der Waals surface area contributed by atoms with Gasteiger partial charge in [-0.25, -0.2) is 0 Å². The molecule has 0 saturated carbocycles. The normalized spacial score (nSPS) is 27.8. The highest BCUT2D eigenvalue weighted by molar-refractivity contribution is 4.78. The summed E-state index contributed by atoms with van der Waals surface area (Å²) < 4.78 is 0. The van der Waals surface area contributed by atoms with Gasteiger partial charge in [-0.3, -0.25) is 0 Å². The van der Waals surface area contributed by atoms with Crippen molar-refractivity contribution in [1.29, 1.82) is 0 Å². The first kappa shape index (κ1) is 9.01. The van der Waals surface area contributed by atoms with Gasteiger partial charge in [0.1, 0.15) is 0 Å². The third kappa shape index (κ3) is 3.21. The molecule has 0 aliphatic carbocycles. The van der Waals surface area contributed by atoms with Gasteiger partial charge in [-0.15, -0.1) is 0 Å². The molecule has 0 aromatic heterocycles. The van der Waals surface area contributed by atoms with Crippen LogP contribution in [0.3, 0.4) is 0 Å². The molecule has 1 atom stereocenters. The monoisotopic (exact) mass is 157 g/mol. The minimum Gasteiger partial charge on any atom is -0.392 e. The second kappa shape index (κ2) is 3.11. The number of β-amino-alcohol motifs (C(OH)–C–C–N with tert-alkyl or cyclic N) is 1. The molecule has 1 fully saturated rings. The van der Waals surface area contributed by atoms with Crippen molar-refractivity contribution in [3.05, 3.63) is 0 Å². The smallest absolute Gasteiger partial charge is 0.0679 e. The molecule has 0 bridgehead atoms. The van der Waals surface area contributed by atoms with Crippen molar-refractivity contribution in [2.45, 2.75) is 33.3 Å². The van der Waals surface area contributed by atoms with E-state index in [0.29, 0.717) is 5.41 Å². The van der Waals surface area contributed by atoms with Crippen LogP contribution in [0.1, 0.15) is 27.2 Å². The summed E-state index contributed by atoms with van der Waals surface area (Å²) in [6.07, 6.45) is 0.883. The molecule has 2 heteroatoms. The van der Waals surface area contributed by atoms with Crippen molar-refractivity contribution < 1.29 is 5.11 Å². The fourth-order valence-electron chi connectivity index (χ4n) is 1.63. The molecule has 1 saturated heterocycles. The average molecular weight is 157 g/mol. The third-order valence-electron chi connectivity index (χ3n) is 1.95. The van der Waals surface area contributed by atoms with E-state index in [0.717, 1.165) is 26.1 Å². The Morgan fingerprint density at radius 3 is 2.45 bits per heavy atom. The predicted octanol–water partition coefficient (Wildman–Crippen LogP) is 1.10. The van der Waals surface area contributed by atoms with Crippen LogP contribution >= 0.6 is 0 Å². The Hall–Kier alpha value is -0.0800. The third-order valence-corrected chi connectivity index (χ3v) is 1.95. The van der Waals surface area contributed by atoms with Gasteiger partial charge < -0.3 is 10.0 Å². The Morgan fingerprint density at radius 1 is 1.45 bits per heavy atom. The molecule has 0 aromatic carbocycles. The molecule has 1 rings (SSSR count). The first-order valence-corrected chi connectivity index (χ1v) is 4.38. The average Bonchev–Trinajstić information content (AvgIpc) is 2.10. The maximum absolute atomic E-state index is 9.25. The topological polar surface area (TPSA) is 23.5 Å². The summed E-state index contributed by atoms with van der Waals surface area (Å²) in [5, 5.41) is 9.25. The predicted molar refractivity (Wildman–Crippen MR) is 46.5 cm³/mol. The molecule has 11 heavy (non-hydrogen) atoms. The number of rotatable bonds is 1. The lowest BCUT2D eigenvalue weighted by atomic mass is 9.96. The lowest BCUT2D eigenvalue weighted by molar-refractivity contribution is 0.160. The fraction of sp³-hybridized carbons (Fsp3) is 1.00. The lowest BCUT2D eigenvalue weighted by Gasteiger charge is -2.25. The van der Waals surface area contributed by atoms with Crippen LogP contribution in [0.2, 0.25) is 0 Å². The van der Waals surface area contributed by atoms with E-state index in [1.165, 1.54) is 0 Å². The van der Waals surface area contributed by atoms with Gasteiger partial charge in [0.15, 0.2) is 0 Å². The first-order valence-electron chi connectivity index (χ1n) is 4.38. The van der Waals surface area contributed by atoms with Crippen LogP contribution in [0.5, 0.6) is 0 Å². The first-order chi connectivity index (χ1) is 4.97. The molecule has 0 aromatic rings. The van der Waals surface area contributed by atoms with E-state index < -0.39 is 0 Å². The summed E-state index contributed by atoms with van der Waals surface area (Å²) in [7, 11) is 0. The number of aliphatic hydroxyl groups excluding tert-OH is 1. The van der Waals surface area contributed by atoms with E-state index in [1.54, 1.807) is 0 Å².